The Kier molecular flexibility index (Phi) is 6.28. The van der Waals surface area contributed by atoms with Crippen molar-refractivity contribution in [2.24, 2.45) is 0 Å². The summed E-state index contributed by atoms with van der Waals surface area (Å²) >= 11 is 1.67. The van der Waals surface area contributed by atoms with Crippen LogP contribution in [-0.4, -0.2) is 24.1 Å². The molecule has 1 aromatic rings. The summed E-state index contributed by atoms with van der Waals surface area (Å²) in [6, 6.07) is 7.64. The fourth-order valence-corrected chi connectivity index (χ4v) is 2.11. The van der Waals surface area contributed by atoms with Crippen LogP contribution >= 0.6 is 11.8 Å². The summed E-state index contributed by atoms with van der Waals surface area (Å²) in [4.78, 5) is 23.7. The van der Waals surface area contributed by atoms with Crippen molar-refractivity contribution in [3.8, 4) is 0 Å². The van der Waals surface area contributed by atoms with Crippen molar-refractivity contribution in [1.82, 2.24) is 5.32 Å². The second-order valence-electron chi connectivity index (χ2n) is 3.61. The monoisotopic (exact) mass is 266 g/mol. The molecule has 0 unspecified atom stereocenters. The second-order valence-corrected chi connectivity index (χ2v) is 4.91. The van der Waals surface area contributed by atoms with Crippen LogP contribution in [0, 0.1) is 0 Å². The third-order valence-electron chi connectivity index (χ3n) is 2.23. The Morgan fingerprint density at radius 3 is 2.56 bits per heavy atom. The van der Waals surface area contributed by atoms with Crippen molar-refractivity contribution in [2.75, 3.05) is 17.6 Å². The molecule has 1 aromatic carbocycles. The minimum atomic E-state index is -0.207. The van der Waals surface area contributed by atoms with Crippen LogP contribution < -0.4 is 10.6 Å². The summed E-state index contributed by atoms with van der Waals surface area (Å²) in [5.74, 6) is 0.613. The first-order chi connectivity index (χ1) is 8.67. The molecule has 0 heterocycles. The van der Waals surface area contributed by atoms with Gasteiger partial charge in [-0.2, -0.15) is 0 Å². The molecule has 2 N–H and O–H groups in total. The van der Waals surface area contributed by atoms with Gasteiger partial charge in [-0.1, -0.05) is 26.0 Å². The molecule has 0 saturated carbocycles. The number of para-hydroxylation sites is 1. The molecule has 0 aliphatic heterocycles. The highest BCUT2D eigenvalue weighted by Crippen LogP contribution is 2.26. The number of nitrogens with one attached hydrogen (secondary N) is 2. The number of anilines is 1. The lowest BCUT2D eigenvalue weighted by Gasteiger charge is -2.10. The van der Waals surface area contributed by atoms with Gasteiger partial charge in [-0.25, -0.2) is 0 Å². The van der Waals surface area contributed by atoms with E-state index in [0.29, 0.717) is 6.42 Å². The van der Waals surface area contributed by atoms with E-state index in [1.165, 1.54) is 0 Å². The highest BCUT2D eigenvalue weighted by molar-refractivity contribution is 7.99. The second kappa shape index (κ2) is 7.76. The highest BCUT2D eigenvalue weighted by atomic mass is 32.2. The SMILES string of the molecule is CCSc1ccccc1NC(=O)CNC(=O)CC. The molecule has 4 nitrogen and oxygen atoms in total. The van der Waals surface area contributed by atoms with E-state index in [0.717, 1.165) is 16.3 Å². The first kappa shape index (κ1) is 14.6. The van der Waals surface area contributed by atoms with E-state index < -0.39 is 0 Å². The summed E-state index contributed by atoms with van der Waals surface area (Å²) in [6.45, 7) is 3.82. The van der Waals surface area contributed by atoms with Gasteiger partial charge < -0.3 is 10.6 Å². The van der Waals surface area contributed by atoms with E-state index in [2.05, 4.69) is 17.6 Å². The van der Waals surface area contributed by atoms with Crippen LogP contribution in [0.4, 0.5) is 5.69 Å². The number of amides is 2. The van der Waals surface area contributed by atoms with Gasteiger partial charge in [0.1, 0.15) is 0 Å². The number of rotatable bonds is 6. The number of thioether (sulfide) groups is 1. The Morgan fingerprint density at radius 1 is 1.17 bits per heavy atom. The molecule has 0 aliphatic rings. The molecule has 98 valence electrons. The molecule has 0 saturated heterocycles. The quantitative estimate of drug-likeness (QED) is 0.777. The fourth-order valence-electron chi connectivity index (χ4n) is 1.35. The molecule has 0 radical (unpaired) electrons. The van der Waals surface area contributed by atoms with E-state index >= 15 is 0 Å². The van der Waals surface area contributed by atoms with Crippen LogP contribution in [0.2, 0.25) is 0 Å². The summed E-state index contributed by atoms with van der Waals surface area (Å²) in [5.41, 5.74) is 0.792. The topological polar surface area (TPSA) is 58.2 Å². The zero-order chi connectivity index (χ0) is 13.4. The average Bonchev–Trinajstić information content (AvgIpc) is 2.38. The number of carbonyl (C=O) groups excluding carboxylic acids is 2. The van der Waals surface area contributed by atoms with Gasteiger partial charge in [-0.3, -0.25) is 9.59 Å². The van der Waals surface area contributed by atoms with Gasteiger partial charge in [0, 0.05) is 11.3 Å². The molecule has 0 fully saturated rings. The molecule has 1 rings (SSSR count). The van der Waals surface area contributed by atoms with E-state index in [9.17, 15) is 9.59 Å². The molecule has 5 heteroatoms. The van der Waals surface area contributed by atoms with Crippen molar-refractivity contribution in [3.05, 3.63) is 24.3 Å². The smallest absolute Gasteiger partial charge is 0.243 e. The summed E-state index contributed by atoms with van der Waals surface area (Å²) in [5, 5.41) is 5.35. The largest absolute Gasteiger partial charge is 0.347 e. The molecule has 0 spiro atoms. The standard InChI is InChI=1S/C13H18N2O2S/c1-3-12(16)14-9-13(17)15-10-7-5-6-8-11(10)18-4-2/h5-8H,3-4,9H2,1-2H3,(H,14,16)(H,15,17). The molecule has 0 aromatic heterocycles. The van der Waals surface area contributed by atoms with Crippen molar-refractivity contribution in [1.29, 1.82) is 0 Å². The van der Waals surface area contributed by atoms with Crippen LogP contribution in [0.1, 0.15) is 20.3 Å². The molecular formula is C13H18N2O2S. The number of hydrogen-bond acceptors (Lipinski definition) is 3. The maximum Gasteiger partial charge on any atom is 0.243 e. The lowest BCUT2D eigenvalue weighted by Crippen LogP contribution is -2.32. The van der Waals surface area contributed by atoms with Crippen LogP contribution in [0.15, 0.2) is 29.2 Å². The van der Waals surface area contributed by atoms with Gasteiger partial charge in [0.15, 0.2) is 0 Å². The molecule has 0 bridgehead atoms. The Morgan fingerprint density at radius 2 is 1.89 bits per heavy atom. The molecule has 0 aliphatic carbocycles. The first-order valence-electron chi connectivity index (χ1n) is 5.95. The Hall–Kier alpha value is -1.49. The minimum absolute atomic E-state index is 0.0117. The molecule has 2 amide bonds. The summed E-state index contributed by atoms with van der Waals surface area (Å²) in [6.07, 6.45) is 0.384. The van der Waals surface area contributed by atoms with Gasteiger partial charge in [-0.15, -0.1) is 11.8 Å². The van der Waals surface area contributed by atoms with Crippen LogP contribution in [0.3, 0.4) is 0 Å². The number of carbonyl (C=O) groups is 2. The lowest BCUT2D eigenvalue weighted by atomic mass is 10.3. The van der Waals surface area contributed by atoms with Crippen molar-refractivity contribution in [2.45, 2.75) is 25.2 Å². The lowest BCUT2D eigenvalue weighted by molar-refractivity contribution is -0.123. The Bertz CT molecular complexity index is 421. The zero-order valence-electron chi connectivity index (χ0n) is 10.7. The maximum atomic E-state index is 11.7. The highest BCUT2D eigenvalue weighted by Gasteiger charge is 2.07. The third kappa shape index (κ3) is 4.79. The van der Waals surface area contributed by atoms with Crippen molar-refractivity contribution in [3.63, 3.8) is 0 Å². The fraction of sp³-hybridized carbons (Fsp3) is 0.385. The van der Waals surface area contributed by atoms with Crippen LogP contribution in [0.25, 0.3) is 0 Å². The van der Waals surface area contributed by atoms with Crippen molar-refractivity contribution >= 4 is 29.3 Å². The molecular weight excluding hydrogens is 248 g/mol. The predicted molar refractivity (Wildman–Crippen MR) is 74.8 cm³/mol. The maximum absolute atomic E-state index is 11.7. The number of hydrogen-bond donors (Lipinski definition) is 2. The average molecular weight is 266 g/mol. The summed E-state index contributed by atoms with van der Waals surface area (Å²) in [7, 11) is 0. The first-order valence-corrected chi connectivity index (χ1v) is 6.94. The predicted octanol–water partition coefficient (Wildman–Crippen LogP) is 2.26. The summed E-state index contributed by atoms with van der Waals surface area (Å²) < 4.78 is 0. The van der Waals surface area contributed by atoms with Crippen molar-refractivity contribution < 1.29 is 9.59 Å². The Labute approximate surface area is 112 Å². The zero-order valence-corrected chi connectivity index (χ0v) is 11.5. The minimum Gasteiger partial charge on any atom is -0.347 e. The van der Waals surface area contributed by atoms with Gasteiger partial charge in [0.25, 0.3) is 0 Å². The van der Waals surface area contributed by atoms with E-state index in [1.807, 2.05) is 24.3 Å². The van der Waals surface area contributed by atoms with Gasteiger partial charge >= 0.3 is 0 Å². The van der Waals surface area contributed by atoms with E-state index in [4.69, 9.17) is 0 Å². The Balaban J connectivity index is 2.56. The van der Waals surface area contributed by atoms with Crippen LogP contribution in [0.5, 0.6) is 0 Å². The van der Waals surface area contributed by atoms with Crippen LogP contribution in [-0.2, 0) is 9.59 Å². The third-order valence-corrected chi connectivity index (χ3v) is 3.18. The van der Waals surface area contributed by atoms with Gasteiger partial charge in [-0.05, 0) is 17.9 Å². The van der Waals surface area contributed by atoms with E-state index in [1.54, 1.807) is 18.7 Å². The molecule has 0 atom stereocenters. The molecule has 18 heavy (non-hydrogen) atoms. The van der Waals surface area contributed by atoms with Gasteiger partial charge in [0.2, 0.25) is 11.8 Å². The van der Waals surface area contributed by atoms with E-state index in [-0.39, 0.29) is 18.4 Å². The number of benzene rings is 1. The normalized spacial score (nSPS) is 9.89. The van der Waals surface area contributed by atoms with Gasteiger partial charge in [0.05, 0.1) is 12.2 Å².